The smallest absolute Gasteiger partial charge is 0.262 e. The number of rotatable bonds is 5. The lowest BCUT2D eigenvalue weighted by Crippen LogP contribution is -2.27. The van der Waals surface area contributed by atoms with E-state index in [9.17, 15) is 9.59 Å². The van der Waals surface area contributed by atoms with E-state index < -0.39 is 0 Å². The van der Waals surface area contributed by atoms with Gasteiger partial charge in [-0.25, -0.2) is 4.98 Å². The molecule has 1 aromatic heterocycles. The highest BCUT2D eigenvalue weighted by molar-refractivity contribution is 7.99. The zero-order chi connectivity index (χ0) is 17.1. The molecule has 0 N–H and O–H groups in total. The van der Waals surface area contributed by atoms with Gasteiger partial charge < -0.3 is 0 Å². The molecule has 3 rings (SSSR count). The van der Waals surface area contributed by atoms with Crippen LogP contribution in [0, 0.1) is 0 Å². The van der Waals surface area contributed by atoms with Crippen molar-refractivity contribution >= 4 is 28.4 Å². The monoisotopic (exact) mass is 338 g/mol. The Bertz CT molecular complexity index is 935. The van der Waals surface area contributed by atoms with Crippen LogP contribution in [0.4, 0.5) is 0 Å². The summed E-state index contributed by atoms with van der Waals surface area (Å²) in [5, 5.41) is 1.16. The maximum absolute atomic E-state index is 13.0. The molecule has 2 aromatic carbocycles. The number of ketones is 1. The maximum atomic E-state index is 13.0. The summed E-state index contributed by atoms with van der Waals surface area (Å²) in [7, 11) is 0. The van der Waals surface area contributed by atoms with Crippen molar-refractivity contribution in [1.29, 1.82) is 0 Å². The highest BCUT2D eigenvalue weighted by atomic mass is 32.2. The molecule has 5 heteroatoms. The number of hydrogen-bond donors (Lipinski definition) is 0. The fourth-order valence-corrected chi connectivity index (χ4v) is 3.49. The summed E-state index contributed by atoms with van der Waals surface area (Å²) in [6.45, 7) is 3.52. The largest absolute Gasteiger partial charge is 0.299 e. The Hall–Kier alpha value is -2.40. The number of thioether (sulfide) groups is 1. The van der Waals surface area contributed by atoms with Crippen molar-refractivity contribution in [3.05, 3.63) is 70.5 Å². The summed E-state index contributed by atoms with van der Waals surface area (Å²) in [6, 6.07) is 17.0. The van der Waals surface area contributed by atoms with Crippen LogP contribution in [0.3, 0.4) is 0 Å². The fourth-order valence-electron chi connectivity index (χ4n) is 2.62. The molecule has 122 valence electrons. The highest BCUT2D eigenvalue weighted by Gasteiger charge is 2.18. The average Bonchev–Trinajstić information content (AvgIpc) is 2.60. The van der Waals surface area contributed by atoms with E-state index in [2.05, 4.69) is 4.98 Å². The second kappa shape index (κ2) is 7.01. The van der Waals surface area contributed by atoms with E-state index in [1.165, 1.54) is 18.7 Å². The Balaban J connectivity index is 2.19. The first-order valence-corrected chi connectivity index (χ1v) is 8.75. The van der Waals surface area contributed by atoms with Gasteiger partial charge in [-0.1, -0.05) is 54.2 Å². The minimum absolute atomic E-state index is 0.0568. The van der Waals surface area contributed by atoms with Crippen LogP contribution < -0.4 is 5.56 Å². The van der Waals surface area contributed by atoms with Crippen LogP contribution in [0.2, 0.25) is 0 Å². The molecule has 0 saturated heterocycles. The van der Waals surface area contributed by atoms with E-state index in [0.717, 1.165) is 5.56 Å². The Kier molecular flexibility index (Phi) is 4.81. The number of nitrogens with zero attached hydrogens (tertiary/aromatic N) is 2. The lowest BCUT2D eigenvalue weighted by molar-refractivity contribution is -0.114. The summed E-state index contributed by atoms with van der Waals surface area (Å²) in [4.78, 5) is 29.0. The van der Waals surface area contributed by atoms with Crippen LogP contribution in [0.1, 0.15) is 25.5 Å². The van der Waals surface area contributed by atoms with Crippen molar-refractivity contribution < 1.29 is 4.79 Å². The first-order valence-electron chi connectivity index (χ1n) is 7.76. The molecule has 0 fully saturated rings. The third-order valence-corrected chi connectivity index (χ3v) is 4.95. The van der Waals surface area contributed by atoms with Gasteiger partial charge in [0.1, 0.15) is 5.78 Å². The molecule has 0 bridgehead atoms. The van der Waals surface area contributed by atoms with Gasteiger partial charge in [0.25, 0.3) is 5.56 Å². The Morgan fingerprint density at radius 2 is 1.79 bits per heavy atom. The van der Waals surface area contributed by atoms with Gasteiger partial charge in [0.15, 0.2) is 5.16 Å². The minimum atomic E-state index is -0.162. The van der Waals surface area contributed by atoms with E-state index in [-0.39, 0.29) is 17.4 Å². The van der Waals surface area contributed by atoms with Crippen molar-refractivity contribution in [2.45, 2.75) is 25.0 Å². The van der Waals surface area contributed by atoms with Crippen LogP contribution in [-0.2, 0) is 4.79 Å². The summed E-state index contributed by atoms with van der Waals surface area (Å²) in [5.41, 5.74) is 1.61. The molecule has 1 atom stereocenters. The third kappa shape index (κ3) is 3.26. The Labute approximate surface area is 144 Å². The predicted molar refractivity (Wildman–Crippen MR) is 97.7 cm³/mol. The first kappa shape index (κ1) is 16.5. The van der Waals surface area contributed by atoms with Crippen LogP contribution >= 0.6 is 11.8 Å². The molecule has 0 aliphatic heterocycles. The average molecular weight is 338 g/mol. The van der Waals surface area contributed by atoms with Crippen LogP contribution in [0.15, 0.2) is 64.5 Å². The molecule has 0 unspecified atom stereocenters. The third-order valence-electron chi connectivity index (χ3n) is 3.85. The van der Waals surface area contributed by atoms with Gasteiger partial charge in [0.2, 0.25) is 0 Å². The fraction of sp³-hybridized carbons (Fsp3) is 0.211. The van der Waals surface area contributed by atoms with E-state index in [1.807, 2.05) is 55.5 Å². The number of fused-ring (bicyclic) bond motifs is 1. The van der Waals surface area contributed by atoms with Crippen molar-refractivity contribution in [2.24, 2.45) is 0 Å². The maximum Gasteiger partial charge on any atom is 0.262 e. The molecule has 0 aliphatic rings. The molecular formula is C19H18N2O2S. The second-order valence-electron chi connectivity index (χ2n) is 5.66. The van der Waals surface area contributed by atoms with Crippen LogP contribution in [-0.4, -0.2) is 21.1 Å². The molecule has 3 aromatic rings. The van der Waals surface area contributed by atoms with Gasteiger partial charge in [-0.2, -0.15) is 0 Å². The Morgan fingerprint density at radius 1 is 1.12 bits per heavy atom. The molecule has 0 saturated carbocycles. The van der Waals surface area contributed by atoms with E-state index in [0.29, 0.717) is 21.8 Å². The molecule has 0 aliphatic carbocycles. The number of benzene rings is 2. The van der Waals surface area contributed by atoms with E-state index >= 15 is 0 Å². The SMILES string of the molecule is CC(=O)CSc1nc2ccccc2c(=O)n1[C@H](C)c1ccccc1. The molecule has 24 heavy (non-hydrogen) atoms. The van der Waals surface area contributed by atoms with Gasteiger partial charge in [-0.05, 0) is 31.5 Å². The molecule has 0 radical (unpaired) electrons. The quantitative estimate of drug-likeness (QED) is 0.526. The molecule has 4 nitrogen and oxygen atoms in total. The Morgan fingerprint density at radius 3 is 2.50 bits per heavy atom. The van der Waals surface area contributed by atoms with Gasteiger partial charge in [0, 0.05) is 0 Å². The van der Waals surface area contributed by atoms with Crippen molar-refractivity contribution in [3.8, 4) is 0 Å². The van der Waals surface area contributed by atoms with Crippen LogP contribution in [0.25, 0.3) is 10.9 Å². The van der Waals surface area contributed by atoms with Crippen molar-refractivity contribution in [2.75, 3.05) is 5.75 Å². The summed E-state index contributed by atoms with van der Waals surface area (Å²) in [5.74, 6) is 0.355. The highest BCUT2D eigenvalue weighted by Crippen LogP contribution is 2.24. The topological polar surface area (TPSA) is 52.0 Å². The number of carbonyl (C=O) groups excluding carboxylic acids is 1. The second-order valence-corrected chi connectivity index (χ2v) is 6.61. The zero-order valence-corrected chi connectivity index (χ0v) is 14.4. The standard InChI is InChI=1S/C19H18N2O2S/c1-13(22)12-24-19-20-17-11-7-6-10-16(17)18(23)21(19)14(2)15-8-4-3-5-9-15/h3-11,14H,12H2,1-2H3/t14-/m1/s1. The predicted octanol–water partition coefficient (Wildman–Crippen LogP) is 3.69. The van der Waals surface area contributed by atoms with Gasteiger partial charge in [-0.15, -0.1) is 0 Å². The summed E-state index contributed by atoms with van der Waals surface area (Å²) in [6.07, 6.45) is 0. The zero-order valence-electron chi connectivity index (χ0n) is 13.6. The number of aromatic nitrogens is 2. The van der Waals surface area contributed by atoms with E-state index in [4.69, 9.17) is 0 Å². The van der Waals surface area contributed by atoms with E-state index in [1.54, 1.807) is 10.6 Å². The number of hydrogen-bond acceptors (Lipinski definition) is 4. The minimum Gasteiger partial charge on any atom is -0.299 e. The normalized spacial score (nSPS) is 12.2. The van der Waals surface area contributed by atoms with Crippen LogP contribution in [0.5, 0.6) is 0 Å². The van der Waals surface area contributed by atoms with Crippen molar-refractivity contribution in [3.63, 3.8) is 0 Å². The number of carbonyl (C=O) groups is 1. The first-order chi connectivity index (χ1) is 11.6. The number of Topliss-reactive ketones (excluding diaryl/α,β-unsaturated/α-hetero) is 1. The van der Waals surface area contributed by atoms with Crippen molar-refractivity contribution in [1.82, 2.24) is 9.55 Å². The molecule has 0 amide bonds. The summed E-state index contributed by atoms with van der Waals surface area (Å²) < 4.78 is 1.69. The van der Waals surface area contributed by atoms with Gasteiger partial charge >= 0.3 is 0 Å². The molecule has 0 spiro atoms. The van der Waals surface area contributed by atoms with Gasteiger partial charge in [0.05, 0.1) is 22.7 Å². The van der Waals surface area contributed by atoms with Gasteiger partial charge in [-0.3, -0.25) is 14.2 Å². The molecular weight excluding hydrogens is 320 g/mol. The lowest BCUT2D eigenvalue weighted by atomic mass is 10.1. The lowest BCUT2D eigenvalue weighted by Gasteiger charge is -2.19. The summed E-state index contributed by atoms with van der Waals surface area (Å²) >= 11 is 1.31. The molecule has 1 heterocycles. The number of para-hydroxylation sites is 1.